The number of hydrogen-bond donors (Lipinski definition) is 1. The number of ether oxygens (including phenoxy) is 1. The molecule has 1 unspecified atom stereocenters. The molecule has 0 spiro atoms. The zero-order valence-corrected chi connectivity index (χ0v) is 8.69. The standard InChI is InChI=1S/C9H17N3O2/c1-3-7(10)9-11-8(12-14-9)5-4-6-13-2/h7H,3-6,10H2,1-2H3. The fraction of sp³-hybridized carbons (Fsp3) is 0.778. The minimum atomic E-state index is -0.140. The van der Waals surface area contributed by atoms with Crippen LogP contribution in [-0.4, -0.2) is 23.9 Å². The van der Waals surface area contributed by atoms with E-state index in [1.54, 1.807) is 7.11 Å². The van der Waals surface area contributed by atoms with E-state index in [0.717, 1.165) is 19.3 Å². The molecule has 0 radical (unpaired) electrons. The van der Waals surface area contributed by atoms with Crippen molar-refractivity contribution < 1.29 is 9.26 Å². The van der Waals surface area contributed by atoms with Crippen LogP contribution in [0.4, 0.5) is 0 Å². The monoisotopic (exact) mass is 199 g/mol. The lowest BCUT2D eigenvalue weighted by Crippen LogP contribution is -2.09. The van der Waals surface area contributed by atoms with Crippen LogP contribution >= 0.6 is 0 Å². The largest absolute Gasteiger partial charge is 0.385 e. The summed E-state index contributed by atoms with van der Waals surface area (Å²) in [4.78, 5) is 4.19. The summed E-state index contributed by atoms with van der Waals surface area (Å²) >= 11 is 0. The Morgan fingerprint density at radius 1 is 1.57 bits per heavy atom. The summed E-state index contributed by atoms with van der Waals surface area (Å²) in [6.07, 6.45) is 2.48. The Morgan fingerprint density at radius 2 is 2.36 bits per heavy atom. The van der Waals surface area contributed by atoms with Crippen molar-refractivity contribution in [2.24, 2.45) is 5.73 Å². The maximum absolute atomic E-state index is 5.74. The molecule has 0 bridgehead atoms. The van der Waals surface area contributed by atoms with Crippen molar-refractivity contribution in [2.75, 3.05) is 13.7 Å². The predicted molar refractivity (Wildman–Crippen MR) is 51.7 cm³/mol. The molecular weight excluding hydrogens is 182 g/mol. The van der Waals surface area contributed by atoms with E-state index in [4.69, 9.17) is 15.0 Å². The molecule has 5 heteroatoms. The summed E-state index contributed by atoms with van der Waals surface area (Å²) in [5, 5.41) is 3.84. The van der Waals surface area contributed by atoms with Crippen LogP contribution in [0.25, 0.3) is 0 Å². The summed E-state index contributed by atoms with van der Waals surface area (Å²) in [5.41, 5.74) is 5.74. The average molecular weight is 199 g/mol. The molecule has 0 aliphatic heterocycles. The van der Waals surface area contributed by atoms with Crippen molar-refractivity contribution >= 4 is 0 Å². The molecule has 1 aromatic rings. The van der Waals surface area contributed by atoms with Crippen molar-refractivity contribution in [3.05, 3.63) is 11.7 Å². The molecule has 0 fully saturated rings. The Kier molecular flexibility index (Phi) is 4.55. The van der Waals surface area contributed by atoms with Crippen LogP contribution in [0.2, 0.25) is 0 Å². The highest BCUT2D eigenvalue weighted by Gasteiger charge is 2.12. The fourth-order valence-corrected chi connectivity index (χ4v) is 1.07. The van der Waals surface area contributed by atoms with Crippen LogP contribution in [0.15, 0.2) is 4.52 Å². The fourth-order valence-electron chi connectivity index (χ4n) is 1.07. The van der Waals surface area contributed by atoms with Gasteiger partial charge < -0.3 is 15.0 Å². The van der Waals surface area contributed by atoms with Gasteiger partial charge in [-0.25, -0.2) is 0 Å². The van der Waals surface area contributed by atoms with Gasteiger partial charge in [0.05, 0.1) is 6.04 Å². The SMILES string of the molecule is CCC(N)c1nc(CCCOC)no1. The second-order valence-electron chi connectivity index (χ2n) is 3.16. The highest BCUT2D eigenvalue weighted by Crippen LogP contribution is 2.11. The Bertz CT molecular complexity index is 262. The third kappa shape index (κ3) is 3.08. The lowest BCUT2D eigenvalue weighted by molar-refractivity contribution is 0.194. The molecule has 0 aliphatic rings. The molecule has 1 aromatic heterocycles. The van der Waals surface area contributed by atoms with E-state index in [-0.39, 0.29) is 6.04 Å². The summed E-state index contributed by atoms with van der Waals surface area (Å²) in [6.45, 7) is 2.70. The molecule has 2 N–H and O–H groups in total. The number of nitrogens with zero attached hydrogens (tertiary/aromatic N) is 2. The molecule has 14 heavy (non-hydrogen) atoms. The smallest absolute Gasteiger partial charge is 0.243 e. The highest BCUT2D eigenvalue weighted by molar-refractivity contribution is 4.91. The number of nitrogens with two attached hydrogens (primary N) is 1. The van der Waals surface area contributed by atoms with E-state index in [0.29, 0.717) is 18.3 Å². The summed E-state index contributed by atoms with van der Waals surface area (Å²) in [7, 11) is 1.68. The van der Waals surface area contributed by atoms with Gasteiger partial charge in [0.1, 0.15) is 0 Å². The zero-order valence-electron chi connectivity index (χ0n) is 8.69. The van der Waals surface area contributed by atoms with Gasteiger partial charge in [0.25, 0.3) is 0 Å². The Hall–Kier alpha value is -0.940. The molecule has 1 heterocycles. The molecule has 0 saturated heterocycles. The van der Waals surface area contributed by atoms with Gasteiger partial charge in [-0.1, -0.05) is 12.1 Å². The van der Waals surface area contributed by atoms with E-state index < -0.39 is 0 Å². The third-order valence-electron chi connectivity index (χ3n) is 1.99. The van der Waals surface area contributed by atoms with Crippen molar-refractivity contribution in [1.82, 2.24) is 10.1 Å². The molecule has 0 aromatic carbocycles. The number of rotatable bonds is 6. The van der Waals surface area contributed by atoms with E-state index in [1.165, 1.54) is 0 Å². The van der Waals surface area contributed by atoms with Crippen molar-refractivity contribution in [1.29, 1.82) is 0 Å². The average Bonchev–Trinajstić information content (AvgIpc) is 2.66. The summed E-state index contributed by atoms with van der Waals surface area (Å²) in [5.74, 6) is 1.24. The summed E-state index contributed by atoms with van der Waals surface area (Å²) < 4.78 is 9.95. The first-order valence-electron chi connectivity index (χ1n) is 4.85. The first kappa shape index (κ1) is 11.1. The topological polar surface area (TPSA) is 74.2 Å². The second kappa shape index (κ2) is 5.72. The van der Waals surface area contributed by atoms with Gasteiger partial charge in [-0.3, -0.25) is 0 Å². The Balaban J connectivity index is 2.42. The highest BCUT2D eigenvalue weighted by atomic mass is 16.5. The Morgan fingerprint density at radius 3 is 3.00 bits per heavy atom. The van der Waals surface area contributed by atoms with Crippen molar-refractivity contribution in [3.8, 4) is 0 Å². The van der Waals surface area contributed by atoms with E-state index in [2.05, 4.69) is 10.1 Å². The van der Waals surface area contributed by atoms with Crippen LogP contribution in [0.1, 0.15) is 37.5 Å². The van der Waals surface area contributed by atoms with Crippen LogP contribution in [-0.2, 0) is 11.2 Å². The quantitative estimate of drug-likeness (QED) is 0.693. The molecule has 0 amide bonds. The normalized spacial score (nSPS) is 13.1. The minimum Gasteiger partial charge on any atom is -0.385 e. The number of methoxy groups -OCH3 is 1. The maximum atomic E-state index is 5.74. The second-order valence-corrected chi connectivity index (χ2v) is 3.16. The number of aromatic nitrogens is 2. The van der Waals surface area contributed by atoms with Crippen LogP contribution in [0, 0.1) is 0 Å². The van der Waals surface area contributed by atoms with Crippen molar-refractivity contribution in [3.63, 3.8) is 0 Å². The van der Waals surface area contributed by atoms with Crippen LogP contribution in [0.5, 0.6) is 0 Å². The molecule has 0 saturated carbocycles. The Labute approximate surface area is 83.6 Å². The first-order chi connectivity index (χ1) is 6.77. The van der Waals surface area contributed by atoms with E-state index in [9.17, 15) is 0 Å². The first-order valence-corrected chi connectivity index (χ1v) is 4.85. The zero-order chi connectivity index (χ0) is 10.4. The van der Waals surface area contributed by atoms with Gasteiger partial charge in [0.15, 0.2) is 5.82 Å². The lowest BCUT2D eigenvalue weighted by atomic mass is 10.2. The van der Waals surface area contributed by atoms with Gasteiger partial charge in [0, 0.05) is 20.1 Å². The molecule has 1 rings (SSSR count). The summed E-state index contributed by atoms with van der Waals surface area (Å²) in [6, 6.07) is -0.140. The van der Waals surface area contributed by atoms with Gasteiger partial charge in [-0.2, -0.15) is 4.98 Å². The van der Waals surface area contributed by atoms with E-state index in [1.807, 2.05) is 6.92 Å². The van der Waals surface area contributed by atoms with Crippen LogP contribution in [0.3, 0.4) is 0 Å². The van der Waals surface area contributed by atoms with Crippen LogP contribution < -0.4 is 5.73 Å². The molecule has 5 nitrogen and oxygen atoms in total. The predicted octanol–water partition coefficient (Wildman–Crippen LogP) is 1.06. The van der Waals surface area contributed by atoms with Gasteiger partial charge in [-0.05, 0) is 12.8 Å². The maximum Gasteiger partial charge on any atom is 0.243 e. The number of hydrogen-bond acceptors (Lipinski definition) is 5. The molecule has 80 valence electrons. The van der Waals surface area contributed by atoms with Crippen molar-refractivity contribution in [2.45, 2.75) is 32.2 Å². The minimum absolute atomic E-state index is 0.140. The third-order valence-corrected chi connectivity index (χ3v) is 1.99. The molecule has 1 atom stereocenters. The van der Waals surface area contributed by atoms with Gasteiger partial charge in [-0.15, -0.1) is 0 Å². The number of aryl methyl sites for hydroxylation is 1. The lowest BCUT2D eigenvalue weighted by Gasteiger charge is -1.99. The van der Waals surface area contributed by atoms with Gasteiger partial charge in [0.2, 0.25) is 5.89 Å². The molecule has 0 aliphatic carbocycles. The molecular formula is C9H17N3O2. The van der Waals surface area contributed by atoms with Gasteiger partial charge >= 0.3 is 0 Å². The van der Waals surface area contributed by atoms with E-state index >= 15 is 0 Å².